The average Bonchev–Trinajstić information content (AvgIpc) is 2.65. The molecule has 1 heterocycles. The topological polar surface area (TPSA) is 42.0 Å². The summed E-state index contributed by atoms with van der Waals surface area (Å²) in [4.78, 5) is 17.3. The predicted octanol–water partition coefficient (Wildman–Crippen LogP) is 4.31. The number of carbonyl (C=O) groups is 1. The first-order chi connectivity index (χ1) is 12.9. The summed E-state index contributed by atoms with van der Waals surface area (Å²) in [5.74, 6) is 0.0659. The van der Waals surface area contributed by atoms with Crippen molar-refractivity contribution in [2.45, 2.75) is 85.4 Å². The minimum absolute atomic E-state index is 0.267. The van der Waals surface area contributed by atoms with Gasteiger partial charge in [-0.25, -0.2) is 0 Å². The third kappa shape index (κ3) is 10.5. The third-order valence-corrected chi connectivity index (χ3v) is 5.49. The molecule has 1 saturated heterocycles. The van der Waals surface area contributed by atoms with Crippen LogP contribution >= 0.6 is 0 Å². The van der Waals surface area contributed by atoms with Gasteiger partial charge in [-0.2, -0.15) is 0 Å². The molecule has 0 bridgehead atoms. The van der Waals surface area contributed by atoms with E-state index in [9.17, 15) is 4.79 Å². The van der Waals surface area contributed by atoms with Gasteiger partial charge < -0.3 is 19.3 Å². The highest BCUT2D eigenvalue weighted by atomic mass is 16.7. The zero-order valence-corrected chi connectivity index (χ0v) is 18.6. The summed E-state index contributed by atoms with van der Waals surface area (Å²) in [5, 5.41) is 0. The molecular formula is C22H44N2O3. The van der Waals surface area contributed by atoms with E-state index < -0.39 is 5.79 Å². The molecule has 0 aromatic carbocycles. The van der Waals surface area contributed by atoms with Crippen molar-refractivity contribution in [2.24, 2.45) is 5.92 Å². The van der Waals surface area contributed by atoms with E-state index in [0.29, 0.717) is 25.5 Å². The highest BCUT2D eigenvalue weighted by molar-refractivity contribution is 5.76. The molecule has 0 unspecified atom stereocenters. The zero-order valence-electron chi connectivity index (χ0n) is 18.6. The van der Waals surface area contributed by atoms with Crippen LogP contribution in [0.2, 0.25) is 0 Å². The van der Waals surface area contributed by atoms with Gasteiger partial charge in [-0.3, -0.25) is 4.79 Å². The van der Waals surface area contributed by atoms with Crippen LogP contribution in [-0.2, 0) is 14.3 Å². The number of likely N-dealkylation sites (N-methyl/N-ethyl adjacent to an activating group) is 1. The number of hydrogen-bond donors (Lipinski definition) is 0. The molecule has 0 aromatic heterocycles. The van der Waals surface area contributed by atoms with E-state index >= 15 is 0 Å². The van der Waals surface area contributed by atoms with Crippen molar-refractivity contribution in [1.82, 2.24) is 9.80 Å². The van der Waals surface area contributed by atoms with Crippen molar-refractivity contribution >= 4 is 5.91 Å². The molecule has 1 fully saturated rings. The maximum Gasteiger partial charge on any atom is 0.222 e. The number of ether oxygens (including phenoxy) is 2. The van der Waals surface area contributed by atoms with E-state index in [4.69, 9.17) is 9.47 Å². The predicted molar refractivity (Wildman–Crippen MR) is 112 cm³/mol. The third-order valence-electron chi connectivity index (χ3n) is 5.49. The lowest BCUT2D eigenvalue weighted by Crippen LogP contribution is -2.47. The monoisotopic (exact) mass is 384 g/mol. The van der Waals surface area contributed by atoms with Gasteiger partial charge in [0.15, 0.2) is 5.79 Å². The second-order valence-electron chi connectivity index (χ2n) is 8.27. The van der Waals surface area contributed by atoms with Crippen molar-refractivity contribution in [1.29, 1.82) is 0 Å². The van der Waals surface area contributed by atoms with Gasteiger partial charge in [-0.1, -0.05) is 52.9 Å². The van der Waals surface area contributed by atoms with Crippen molar-refractivity contribution < 1.29 is 14.3 Å². The molecule has 1 amide bonds. The largest absolute Gasteiger partial charge is 0.350 e. The van der Waals surface area contributed by atoms with Gasteiger partial charge in [0.2, 0.25) is 5.91 Å². The summed E-state index contributed by atoms with van der Waals surface area (Å²) in [5.41, 5.74) is 0. The fourth-order valence-electron chi connectivity index (χ4n) is 3.48. The van der Waals surface area contributed by atoms with Gasteiger partial charge in [-0.05, 0) is 33.4 Å². The number of nitrogens with zero attached hydrogens (tertiary/aromatic N) is 2. The molecule has 0 N–H and O–H groups in total. The van der Waals surface area contributed by atoms with Crippen LogP contribution in [0.1, 0.15) is 79.6 Å². The molecule has 5 heteroatoms. The molecule has 0 aromatic rings. The van der Waals surface area contributed by atoms with Crippen LogP contribution in [0.15, 0.2) is 0 Å². The summed E-state index contributed by atoms with van der Waals surface area (Å²) in [6.07, 6.45) is 7.96. The van der Waals surface area contributed by atoms with Crippen LogP contribution in [-0.4, -0.2) is 67.4 Å². The highest BCUT2D eigenvalue weighted by Gasteiger charge is 2.30. The lowest BCUT2D eigenvalue weighted by Gasteiger charge is -2.37. The van der Waals surface area contributed by atoms with E-state index in [1.807, 2.05) is 13.8 Å². The Morgan fingerprint density at radius 2 is 1.52 bits per heavy atom. The second kappa shape index (κ2) is 13.5. The summed E-state index contributed by atoms with van der Waals surface area (Å²) in [7, 11) is 0. The van der Waals surface area contributed by atoms with Crippen LogP contribution in [0.25, 0.3) is 0 Å². The lowest BCUT2D eigenvalue weighted by molar-refractivity contribution is -0.263. The van der Waals surface area contributed by atoms with Crippen LogP contribution in [0.4, 0.5) is 0 Å². The number of unbranched alkanes of at least 4 members (excludes halogenated alkanes) is 5. The number of amides is 1. The van der Waals surface area contributed by atoms with Gasteiger partial charge in [0.05, 0.1) is 13.2 Å². The Hall–Kier alpha value is -0.650. The number of hydrogen-bond acceptors (Lipinski definition) is 4. The molecule has 0 saturated carbocycles. The van der Waals surface area contributed by atoms with Crippen LogP contribution in [0.3, 0.4) is 0 Å². The van der Waals surface area contributed by atoms with Gasteiger partial charge in [0.25, 0.3) is 0 Å². The van der Waals surface area contributed by atoms with E-state index in [1.54, 1.807) is 0 Å². The minimum atomic E-state index is -0.495. The first-order valence-corrected chi connectivity index (χ1v) is 11.2. The Labute approximate surface area is 167 Å². The van der Waals surface area contributed by atoms with E-state index in [-0.39, 0.29) is 5.92 Å². The first kappa shape index (κ1) is 24.4. The van der Waals surface area contributed by atoms with Gasteiger partial charge in [0, 0.05) is 32.0 Å². The molecule has 0 spiro atoms. The van der Waals surface area contributed by atoms with Crippen molar-refractivity contribution in [2.75, 3.05) is 45.9 Å². The summed E-state index contributed by atoms with van der Waals surface area (Å²) in [6.45, 7) is 16.4. The zero-order chi connectivity index (χ0) is 20.1. The van der Waals surface area contributed by atoms with Crippen molar-refractivity contribution in [3.8, 4) is 0 Å². The Bertz CT molecular complexity index is 387. The Kier molecular flexibility index (Phi) is 12.2. The maximum absolute atomic E-state index is 12.8. The summed E-state index contributed by atoms with van der Waals surface area (Å²) in [6, 6.07) is 0. The Morgan fingerprint density at radius 3 is 2.11 bits per heavy atom. The fourth-order valence-corrected chi connectivity index (χ4v) is 3.48. The van der Waals surface area contributed by atoms with E-state index in [0.717, 1.165) is 39.1 Å². The summed E-state index contributed by atoms with van der Waals surface area (Å²) >= 11 is 0. The SMILES string of the molecule is CCCCCCCCC(=O)N(CCN(CC)CC)CC1COC(C)(C)OC1. The minimum Gasteiger partial charge on any atom is -0.350 e. The fraction of sp³-hybridized carbons (Fsp3) is 0.955. The molecule has 0 radical (unpaired) electrons. The van der Waals surface area contributed by atoms with Gasteiger partial charge in [0.1, 0.15) is 0 Å². The molecule has 1 rings (SSSR count). The van der Waals surface area contributed by atoms with Crippen molar-refractivity contribution in [3.63, 3.8) is 0 Å². The number of rotatable bonds is 14. The quantitative estimate of drug-likeness (QED) is 0.419. The molecule has 0 aliphatic carbocycles. The number of carbonyl (C=O) groups excluding carboxylic acids is 1. The van der Waals surface area contributed by atoms with Gasteiger partial charge >= 0.3 is 0 Å². The first-order valence-electron chi connectivity index (χ1n) is 11.2. The normalized spacial score (nSPS) is 17.4. The molecule has 160 valence electrons. The van der Waals surface area contributed by atoms with Crippen LogP contribution in [0.5, 0.6) is 0 Å². The molecule has 1 aliphatic heterocycles. The smallest absolute Gasteiger partial charge is 0.222 e. The standard InChI is InChI=1S/C22H44N2O3/c1-6-9-10-11-12-13-14-21(25)24(16-15-23(7-2)8-3)17-20-18-26-22(4,5)27-19-20/h20H,6-19H2,1-5H3. The molecule has 27 heavy (non-hydrogen) atoms. The van der Waals surface area contributed by atoms with Crippen LogP contribution in [0, 0.1) is 5.92 Å². The molecular weight excluding hydrogens is 340 g/mol. The van der Waals surface area contributed by atoms with Crippen molar-refractivity contribution in [3.05, 3.63) is 0 Å². The Morgan fingerprint density at radius 1 is 0.926 bits per heavy atom. The van der Waals surface area contributed by atoms with Crippen LogP contribution < -0.4 is 0 Å². The van der Waals surface area contributed by atoms with E-state index in [1.165, 1.54) is 32.1 Å². The molecule has 5 nitrogen and oxygen atoms in total. The second-order valence-corrected chi connectivity index (χ2v) is 8.27. The molecule has 1 aliphatic rings. The average molecular weight is 385 g/mol. The highest BCUT2D eigenvalue weighted by Crippen LogP contribution is 2.21. The Balaban J connectivity index is 2.47. The lowest BCUT2D eigenvalue weighted by atomic mass is 10.1. The maximum atomic E-state index is 12.8. The van der Waals surface area contributed by atoms with Gasteiger partial charge in [-0.15, -0.1) is 0 Å². The van der Waals surface area contributed by atoms with E-state index in [2.05, 4.69) is 30.6 Å². The summed E-state index contributed by atoms with van der Waals surface area (Å²) < 4.78 is 11.6. The molecule has 0 atom stereocenters.